The summed E-state index contributed by atoms with van der Waals surface area (Å²) in [6.07, 6.45) is 2.28. The summed E-state index contributed by atoms with van der Waals surface area (Å²) in [5.74, 6) is 1.75. The van der Waals surface area contributed by atoms with Gasteiger partial charge in [-0.25, -0.2) is 0 Å². The number of hydrogen-bond acceptors (Lipinski definition) is 5. The monoisotopic (exact) mass is 443 g/mol. The first kappa shape index (κ1) is 23.5. The zero-order chi connectivity index (χ0) is 22.3. The van der Waals surface area contributed by atoms with Gasteiger partial charge in [-0.2, -0.15) is 0 Å². The van der Waals surface area contributed by atoms with Crippen molar-refractivity contribution in [3.05, 3.63) is 53.6 Å². The second kappa shape index (κ2) is 10.9. The maximum atomic E-state index is 12.3. The number of hydrogen-bond donors (Lipinski definition) is 1. The van der Waals surface area contributed by atoms with Gasteiger partial charge in [0.2, 0.25) is 5.91 Å². The summed E-state index contributed by atoms with van der Waals surface area (Å²) in [6.45, 7) is 8.37. The Morgan fingerprint density at radius 3 is 2.58 bits per heavy atom. The molecule has 1 saturated heterocycles. The highest BCUT2D eigenvalue weighted by atomic mass is 32.2. The first-order valence-corrected chi connectivity index (χ1v) is 11.7. The third-order valence-electron chi connectivity index (χ3n) is 5.26. The highest BCUT2D eigenvalue weighted by Crippen LogP contribution is 2.29. The second-order valence-corrected chi connectivity index (χ2v) is 9.82. The Labute approximate surface area is 189 Å². The molecule has 0 bridgehead atoms. The lowest BCUT2D eigenvalue weighted by Gasteiger charge is -2.19. The number of carbonyl (C=O) groups is 1. The molecule has 0 aromatic heterocycles. The fourth-order valence-corrected chi connectivity index (χ4v) is 4.08. The number of rotatable bonds is 9. The molecule has 1 unspecified atom stereocenters. The van der Waals surface area contributed by atoms with Crippen molar-refractivity contribution in [2.24, 2.45) is 0 Å². The summed E-state index contributed by atoms with van der Waals surface area (Å²) in [6, 6.07) is 14.2. The Bertz CT molecular complexity index is 855. The lowest BCUT2D eigenvalue weighted by Crippen LogP contribution is -2.24. The quantitative estimate of drug-likeness (QED) is 0.555. The molecule has 2 aromatic rings. The molecule has 2 aromatic carbocycles. The minimum absolute atomic E-state index is 0.00238. The van der Waals surface area contributed by atoms with Gasteiger partial charge in [0.25, 0.3) is 0 Å². The van der Waals surface area contributed by atoms with Crippen molar-refractivity contribution in [2.75, 3.05) is 26.1 Å². The Morgan fingerprint density at radius 1 is 1.16 bits per heavy atom. The topological polar surface area (TPSA) is 56.8 Å². The van der Waals surface area contributed by atoms with Crippen molar-refractivity contribution in [1.82, 2.24) is 5.32 Å². The van der Waals surface area contributed by atoms with Crippen LogP contribution in [0.4, 0.5) is 0 Å². The van der Waals surface area contributed by atoms with Gasteiger partial charge in [-0.15, -0.1) is 11.8 Å². The molecule has 31 heavy (non-hydrogen) atoms. The number of methoxy groups -OCH3 is 1. The van der Waals surface area contributed by atoms with Crippen LogP contribution in [0.15, 0.2) is 47.4 Å². The zero-order valence-corrected chi connectivity index (χ0v) is 19.7. The van der Waals surface area contributed by atoms with Gasteiger partial charge in [0.15, 0.2) is 11.5 Å². The van der Waals surface area contributed by atoms with Crippen molar-refractivity contribution >= 4 is 17.7 Å². The van der Waals surface area contributed by atoms with Crippen LogP contribution < -0.4 is 14.8 Å². The number of thioether (sulfide) groups is 1. The first-order valence-electron chi connectivity index (χ1n) is 10.8. The molecule has 1 N–H and O–H groups in total. The molecule has 0 saturated carbocycles. The summed E-state index contributed by atoms with van der Waals surface area (Å²) in [7, 11) is 1.62. The largest absolute Gasteiger partial charge is 0.493 e. The molecule has 1 atom stereocenters. The van der Waals surface area contributed by atoms with E-state index in [1.54, 1.807) is 18.9 Å². The fraction of sp³-hybridized carbons (Fsp3) is 0.480. The van der Waals surface area contributed by atoms with Gasteiger partial charge in [0.1, 0.15) is 6.61 Å². The van der Waals surface area contributed by atoms with Gasteiger partial charge in [-0.05, 0) is 53.6 Å². The van der Waals surface area contributed by atoms with Gasteiger partial charge in [0, 0.05) is 18.0 Å². The van der Waals surface area contributed by atoms with Crippen molar-refractivity contribution in [1.29, 1.82) is 0 Å². The van der Waals surface area contributed by atoms with E-state index in [0.29, 0.717) is 30.4 Å². The van der Waals surface area contributed by atoms with E-state index in [0.717, 1.165) is 29.9 Å². The average molecular weight is 444 g/mol. The molecule has 3 rings (SSSR count). The lowest BCUT2D eigenvalue weighted by molar-refractivity contribution is -0.118. The first-order chi connectivity index (χ1) is 14.8. The smallest absolute Gasteiger partial charge is 0.230 e. The van der Waals surface area contributed by atoms with Crippen molar-refractivity contribution in [3.8, 4) is 11.5 Å². The molecular formula is C25H33NO4S. The lowest BCUT2D eigenvalue weighted by atomic mass is 9.87. The van der Waals surface area contributed by atoms with Crippen LogP contribution in [0.3, 0.4) is 0 Å². The van der Waals surface area contributed by atoms with Crippen molar-refractivity contribution in [3.63, 3.8) is 0 Å². The average Bonchev–Trinajstić information content (AvgIpc) is 3.28. The van der Waals surface area contributed by atoms with Crippen LogP contribution >= 0.6 is 11.8 Å². The number of benzene rings is 2. The third kappa shape index (κ3) is 7.18. The second-order valence-electron chi connectivity index (χ2n) is 8.77. The third-order valence-corrected chi connectivity index (χ3v) is 6.27. The van der Waals surface area contributed by atoms with E-state index in [1.807, 2.05) is 18.2 Å². The Morgan fingerprint density at radius 2 is 1.94 bits per heavy atom. The summed E-state index contributed by atoms with van der Waals surface area (Å²) < 4.78 is 16.9. The maximum Gasteiger partial charge on any atom is 0.230 e. The molecule has 1 amide bonds. The number of carbonyl (C=O) groups excluding carboxylic acids is 1. The van der Waals surface area contributed by atoms with Gasteiger partial charge in [0.05, 0.1) is 19.0 Å². The SMILES string of the molecule is COc1cc(CNC(=O)CSc2ccc(C(C)(C)C)cc2)ccc1OCC1CCCO1. The van der Waals surface area contributed by atoms with Crippen LogP contribution in [0, 0.1) is 0 Å². The van der Waals surface area contributed by atoms with Crippen molar-refractivity contribution < 1.29 is 19.0 Å². The van der Waals surface area contributed by atoms with Crippen LogP contribution in [0.2, 0.25) is 0 Å². The molecule has 5 nitrogen and oxygen atoms in total. The molecule has 1 aliphatic rings. The molecule has 0 aliphatic carbocycles. The van der Waals surface area contributed by atoms with Crippen molar-refractivity contribution in [2.45, 2.75) is 56.6 Å². The van der Waals surface area contributed by atoms with Crippen LogP contribution in [-0.4, -0.2) is 38.1 Å². The van der Waals surface area contributed by atoms with Gasteiger partial charge in [-0.1, -0.05) is 39.0 Å². The molecule has 1 fully saturated rings. The van der Waals surface area contributed by atoms with Crippen LogP contribution in [-0.2, 0) is 21.5 Å². The van der Waals surface area contributed by atoms with Gasteiger partial charge < -0.3 is 19.5 Å². The zero-order valence-electron chi connectivity index (χ0n) is 18.9. The number of ether oxygens (including phenoxy) is 3. The molecule has 0 radical (unpaired) electrons. The van der Waals surface area contributed by atoms with Crippen LogP contribution in [0.1, 0.15) is 44.7 Å². The fourth-order valence-electron chi connectivity index (χ4n) is 3.35. The molecule has 0 spiro atoms. The van der Waals surface area contributed by atoms with E-state index < -0.39 is 0 Å². The molecular weight excluding hydrogens is 410 g/mol. The molecule has 1 heterocycles. The predicted molar refractivity (Wildman–Crippen MR) is 125 cm³/mol. The summed E-state index contributed by atoms with van der Waals surface area (Å²) in [5.41, 5.74) is 2.39. The maximum absolute atomic E-state index is 12.3. The molecule has 1 aliphatic heterocycles. The van der Waals surface area contributed by atoms with Gasteiger partial charge >= 0.3 is 0 Å². The van der Waals surface area contributed by atoms with E-state index in [9.17, 15) is 4.79 Å². The van der Waals surface area contributed by atoms with E-state index >= 15 is 0 Å². The minimum atomic E-state index is 0.00238. The Kier molecular flexibility index (Phi) is 8.27. The highest BCUT2D eigenvalue weighted by molar-refractivity contribution is 8.00. The van der Waals surface area contributed by atoms with Gasteiger partial charge in [-0.3, -0.25) is 4.79 Å². The number of amides is 1. The van der Waals surface area contributed by atoms with E-state index in [4.69, 9.17) is 14.2 Å². The molecule has 168 valence electrons. The van der Waals surface area contributed by atoms with Crippen LogP contribution in [0.25, 0.3) is 0 Å². The van der Waals surface area contributed by atoms with E-state index in [1.165, 1.54) is 5.56 Å². The van der Waals surface area contributed by atoms with E-state index in [-0.39, 0.29) is 17.4 Å². The number of nitrogens with one attached hydrogen (secondary N) is 1. The summed E-state index contributed by atoms with van der Waals surface area (Å²) in [5, 5.41) is 2.98. The Balaban J connectivity index is 1.45. The Hall–Kier alpha value is -2.18. The van der Waals surface area contributed by atoms with Crippen LogP contribution in [0.5, 0.6) is 11.5 Å². The highest BCUT2D eigenvalue weighted by Gasteiger charge is 2.17. The summed E-state index contributed by atoms with van der Waals surface area (Å²) in [4.78, 5) is 13.4. The standard InChI is InChI=1S/C25H33NO4S/c1-25(2,3)19-8-10-21(11-9-19)31-17-24(27)26-15-18-7-12-22(23(14-18)28-4)30-16-20-6-5-13-29-20/h7-12,14,20H,5-6,13,15-17H2,1-4H3,(H,26,27). The van der Waals surface area contributed by atoms with E-state index in [2.05, 4.69) is 50.4 Å². The summed E-state index contributed by atoms with van der Waals surface area (Å²) >= 11 is 1.54. The normalized spacial score (nSPS) is 16.2. The minimum Gasteiger partial charge on any atom is -0.493 e. The predicted octanol–water partition coefficient (Wildman–Crippen LogP) is 4.96. The molecule has 6 heteroatoms.